The molecule has 2 aromatic carbocycles. The van der Waals surface area contributed by atoms with E-state index in [9.17, 15) is 14.4 Å². The monoisotopic (exact) mass is 398 g/mol. The Morgan fingerprint density at radius 3 is 2.38 bits per heavy atom. The van der Waals surface area contributed by atoms with Crippen LogP contribution in [0.1, 0.15) is 47.4 Å². The van der Waals surface area contributed by atoms with Crippen molar-refractivity contribution in [2.75, 3.05) is 25.1 Å². The summed E-state index contributed by atoms with van der Waals surface area (Å²) < 4.78 is 10.6. The standard InChI is InChI=1S/C22H26N2O5/c1-3-5-14-29-22(27)16-10-12-17(13-11-16)24-20(25)15-23-21(26)18-8-6-7-9-19(18)28-4-2/h6-13H,3-5,14-15H2,1-2H3,(H,23,26)(H,24,25). The summed E-state index contributed by atoms with van der Waals surface area (Å²) in [6.07, 6.45) is 1.77. The molecule has 7 heteroatoms. The Bertz CT molecular complexity index is 833. The van der Waals surface area contributed by atoms with Gasteiger partial charge >= 0.3 is 5.97 Å². The van der Waals surface area contributed by atoms with Crippen LogP contribution in [-0.4, -0.2) is 37.5 Å². The molecule has 2 rings (SSSR count). The maximum Gasteiger partial charge on any atom is 0.338 e. The molecule has 2 N–H and O–H groups in total. The third-order valence-electron chi connectivity index (χ3n) is 3.98. The quantitative estimate of drug-likeness (QED) is 0.472. The fourth-order valence-corrected chi connectivity index (χ4v) is 2.48. The SMILES string of the molecule is CCCCOC(=O)c1ccc(NC(=O)CNC(=O)c2ccccc2OCC)cc1. The second-order valence-electron chi connectivity index (χ2n) is 6.23. The van der Waals surface area contributed by atoms with E-state index in [-0.39, 0.29) is 12.5 Å². The lowest BCUT2D eigenvalue weighted by molar-refractivity contribution is -0.115. The summed E-state index contributed by atoms with van der Waals surface area (Å²) in [5.74, 6) is -0.703. The van der Waals surface area contributed by atoms with E-state index in [2.05, 4.69) is 10.6 Å². The average Bonchev–Trinajstić information content (AvgIpc) is 2.73. The first-order valence-electron chi connectivity index (χ1n) is 9.62. The Hall–Kier alpha value is -3.35. The summed E-state index contributed by atoms with van der Waals surface area (Å²) in [5, 5.41) is 5.24. The zero-order valence-corrected chi connectivity index (χ0v) is 16.7. The lowest BCUT2D eigenvalue weighted by Crippen LogP contribution is -2.33. The van der Waals surface area contributed by atoms with E-state index < -0.39 is 11.9 Å². The Morgan fingerprint density at radius 1 is 0.966 bits per heavy atom. The average molecular weight is 398 g/mol. The van der Waals surface area contributed by atoms with Crippen molar-refractivity contribution >= 4 is 23.5 Å². The molecule has 0 unspecified atom stereocenters. The molecule has 7 nitrogen and oxygen atoms in total. The number of benzene rings is 2. The number of carbonyl (C=O) groups is 3. The number of hydrogen-bond acceptors (Lipinski definition) is 5. The van der Waals surface area contributed by atoms with Gasteiger partial charge in [-0.2, -0.15) is 0 Å². The highest BCUT2D eigenvalue weighted by atomic mass is 16.5. The molecule has 2 aromatic rings. The van der Waals surface area contributed by atoms with E-state index in [0.717, 1.165) is 12.8 Å². The highest BCUT2D eigenvalue weighted by molar-refractivity contribution is 6.01. The smallest absolute Gasteiger partial charge is 0.338 e. The molecule has 0 saturated carbocycles. The van der Waals surface area contributed by atoms with Crippen molar-refractivity contribution in [2.24, 2.45) is 0 Å². The summed E-state index contributed by atoms with van der Waals surface area (Å²) in [6, 6.07) is 13.2. The number of rotatable bonds is 10. The van der Waals surface area contributed by atoms with Crippen LogP contribution in [0.2, 0.25) is 0 Å². The van der Waals surface area contributed by atoms with E-state index in [1.165, 1.54) is 0 Å². The predicted octanol–water partition coefficient (Wildman–Crippen LogP) is 3.41. The first kappa shape index (κ1) is 21.9. The van der Waals surface area contributed by atoms with E-state index >= 15 is 0 Å². The molecule has 154 valence electrons. The van der Waals surface area contributed by atoms with Gasteiger partial charge in [0.05, 0.1) is 30.9 Å². The van der Waals surface area contributed by atoms with Crippen molar-refractivity contribution in [3.63, 3.8) is 0 Å². The number of para-hydroxylation sites is 1. The van der Waals surface area contributed by atoms with Gasteiger partial charge < -0.3 is 20.1 Å². The molecule has 0 aliphatic heterocycles. The zero-order valence-electron chi connectivity index (χ0n) is 16.7. The fourth-order valence-electron chi connectivity index (χ4n) is 2.48. The van der Waals surface area contributed by atoms with Crippen LogP contribution in [0, 0.1) is 0 Å². The van der Waals surface area contributed by atoms with Crippen LogP contribution in [-0.2, 0) is 9.53 Å². The van der Waals surface area contributed by atoms with E-state index in [4.69, 9.17) is 9.47 Å². The number of ether oxygens (including phenoxy) is 2. The topological polar surface area (TPSA) is 93.7 Å². The first-order chi connectivity index (χ1) is 14.0. The van der Waals surface area contributed by atoms with E-state index in [1.54, 1.807) is 48.5 Å². The lowest BCUT2D eigenvalue weighted by Gasteiger charge is -2.11. The minimum absolute atomic E-state index is 0.194. The number of nitrogens with one attached hydrogen (secondary N) is 2. The predicted molar refractivity (Wildman–Crippen MR) is 110 cm³/mol. The van der Waals surface area contributed by atoms with Gasteiger partial charge in [-0.1, -0.05) is 25.5 Å². The molecule has 0 atom stereocenters. The summed E-state index contributed by atoms with van der Waals surface area (Å²) in [5.41, 5.74) is 1.30. The summed E-state index contributed by atoms with van der Waals surface area (Å²) >= 11 is 0. The van der Waals surface area contributed by atoms with Gasteiger partial charge in [-0.3, -0.25) is 9.59 Å². The van der Waals surface area contributed by atoms with Crippen LogP contribution >= 0.6 is 0 Å². The number of anilines is 1. The molecule has 0 radical (unpaired) electrons. The minimum atomic E-state index is -0.394. The van der Waals surface area contributed by atoms with Crippen molar-refractivity contribution in [1.82, 2.24) is 5.32 Å². The number of esters is 1. The molecule has 0 saturated heterocycles. The molecule has 0 bridgehead atoms. The molecule has 0 heterocycles. The Labute approximate surface area is 170 Å². The number of hydrogen-bond donors (Lipinski definition) is 2. The van der Waals surface area contributed by atoms with Crippen LogP contribution < -0.4 is 15.4 Å². The van der Waals surface area contributed by atoms with Gasteiger partial charge in [0.15, 0.2) is 0 Å². The second-order valence-corrected chi connectivity index (χ2v) is 6.23. The molecule has 0 fully saturated rings. The van der Waals surface area contributed by atoms with Crippen LogP contribution in [0.25, 0.3) is 0 Å². The summed E-state index contributed by atoms with van der Waals surface area (Å²) in [4.78, 5) is 36.3. The normalized spacial score (nSPS) is 10.1. The second kappa shape index (κ2) is 11.5. The Balaban J connectivity index is 1.85. The van der Waals surface area contributed by atoms with Crippen LogP contribution in [0.3, 0.4) is 0 Å². The van der Waals surface area contributed by atoms with Crippen molar-refractivity contribution < 1.29 is 23.9 Å². The van der Waals surface area contributed by atoms with Crippen LogP contribution in [0.5, 0.6) is 5.75 Å². The van der Waals surface area contributed by atoms with Crippen LogP contribution in [0.15, 0.2) is 48.5 Å². The Kier molecular flexibility index (Phi) is 8.69. The van der Waals surface area contributed by atoms with Gasteiger partial charge in [0.1, 0.15) is 5.75 Å². The van der Waals surface area contributed by atoms with Gasteiger partial charge in [0.2, 0.25) is 5.91 Å². The van der Waals surface area contributed by atoms with Gasteiger partial charge in [-0.25, -0.2) is 4.79 Å². The van der Waals surface area contributed by atoms with Gasteiger partial charge in [0.25, 0.3) is 5.91 Å². The van der Waals surface area contributed by atoms with Gasteiger partial charge in [-0.15, -0.1) is 0 Å². The third kappa shape index (κ3) is 6.95. The van der Waals surface area contributed by atoms with Crippen molar-refractivity contribution in [3.8, 4) is 5.75 Å². The summed E-state index contributed by atoms with van der Waals surface area (Å²) in [6.45, 7) is 4.48. The number of amides is 2. The number of carbonyl (C=O) groups excluding carboxylic acids is 3. The van der Waals surface area contributed by atoms with Crippen molar-refractivity contribution in [3.05, 3.63) is 59.7 Å². The molecule has 0 aromatic heterocycles. The maximum absolute atomic E-state index is 12.3. The molecular weight excluding hydrogens is 372 g/mol. The molecule has 0 aliphatic carbocycles. The molecular formula is C22H26N2O5. The first-order valence-corrected chi connectivity index (χ1v) is 9.62. The molecule has 0 aliphatic rings. The largest absolute Gasteiger partial charge is 0.493 e. The highest BCUT2D eigenvalue weighted by Crippen LogP contribution is 2.17. The lowest BCUT2D eigenvalue weighted by atomic mass is 10.2. The highest BCUT2D eigenvalue weighted by Gasteiger charge is 2.13. The molecule has 2 amide bonds. The van der Waals surface area contributed by atoms with Crippen LogP contribution in [0.4, 0.5) is 5.69 Å². The van der Waals surface area contributed by atoms with Crippen molar-refractivity contribution in [1.29, 1.82) is 0 Å². The third-order valence-corrected chi connectivity index (χ3v) is 3.98. The van der Waals surface area contributed by atoms with Gasteiger partial charge in [-0.05, 0) is 49.7 Å². The zero-order chi connectivity index (χ0) is 21.1. The Morgan fingerprint density at radius 2 is 1.69 bits per heavy atom. The van der Waals surface area contributed by atoms with Crippen molar-refractivity contribution in [2.45, 2.75) is 26.7 Å². The van der Waals surface area contributed by atoms with E-state index in [0.29, 0.717) is 35.8 Å². The molecule has 29 heavy (non-hydrogen) atoms. The molecule has 0 spiro atoms. The minimum Gasteiger partial charge on any atom is -0.493 e. The van der Waals surface area contributed by atoms with Gasteiger partial charge in [0, 0.05) is 5.69 Å². The van der Waals surface area contributed by atoms with E-state index in [1.807, 2.05) is 13.8 Å². The summed E-state index contributed by atoms with van der Waals surface area (Å²) in [7, 11) is 0. The maximum atomic E-state index is 12.3. The fraction of sp³-hybridized carbons (Fsp3) is 0.318. The number of unbranched alkanes of at least 4 members (excludes halogenated alkanes) is 1.